The van der Waals surface area contributed by atoms with Gasteiger partial charge in [0.2, 0.25) is 10.0 Å². The lowest BCUT2D eigenvalue weighted by Gasteiger charge is -2.17. The van der Waals surface area contributed by atoms with Gasteiger partial charge in [-0.2, -0.15) is 0 Å². The molecule has 0 aliphatic rings. The van der Waals surface area contributed by atoms with Gasteiger partial charge >= 0.3 is 0 Å². The fourth-order valence-corrected chi connectivity index (χ4v) is 3.09. The summed E-state index contributed by atoms with van der Waals surface area (Å²) in [5.41, 5.74) is 0.859. The number of nitrogens with one attached hydrogen (secondary N) is 2. The molecule has 0 unspecified atom stereocenters. The normalized spacial score (nSPS) is 11.8. The average Bonchev–Trinajstić information content (AvgIpc) is 2.67. The molecule has 1 aromatic rings. The second-order valence-electron chi connectivity index (χ2n) is 5.92. The molecule has 0 bridgehead atoms. The van der Waals surface area contributed by atoms with Gasteiger partial charge in [-0.3, -0.25) is 4.99 Å². The summed E-state index contributed by atoms with van der Waals surface area (Å²) in [5, 5.41) is 6.38. The molecule has 0 aromatic heterocycles. The Balaban J connectivity index is 0.00000729. The minimum Gasteiger partial charge on any atom is -0.493 e. The Morgan fingerprint density at radius 3 is 2.64 bits per heavy atom. The first-order valence-corrected chi connectivity index (χ1v) is 10.7. The molecule has 0 saturated heterocycles. The number of anilines is 1. The van der Waals surface area contributed by atoms with Crippen molar-refractivity contribution >= 4 is 45.6 Å². The number of hydrogen-bond acceptors (Lipinski definition) is 5. The lowest BCUT2D eigenvalue weighted by molar-refractivity contribution is 0.172. The first-order chi connectivity index (χ1) is 12.9. The van der Waals surface area contributed by atoms with E-state index in [1.54, 1.807) is 28.1 Å². The van der Waals surface area contributed by atoms with Crippen molar-refractivity contribution in [2.24, 2.45) is 4.99 Å². The molecule has 10 heteroatoms. The third-order valence-corrected chi connectivity index (χ3v) is 5.73. The number of halogens is 1. The summed E-state index contributed by atoms with van der Waals surface area (Å²) in [5.74, 6) is 1.51. The van der Waals surface area contributed by atoms with E-state index in [0.717, 1.165) is 17.9 Å². The fraction of sp³-hybridized carbons (Fsp3) is 0.611. The van der Waals surface area contributed by atoms with Crippen LogP contribution in [0.25, 0.3) is 0 Å². The lowest BCUT2D eigenvalue weighted by atomic mass is 10.3. The van der Waals surface area contributed by atoms with E-state index in [0.29, 0.717) is 38.7 Å². The maximum absolute atomic E-state index is 11.7. The molecule has 0 amide bonds. The number of guanidine groups is 1. The third kappa shape index (κ3) is 10.4. The van der Waals surface area contributed by atoms with Crippen molar-refractivity contribution in [2.45, 2.75) is 19.8 Å². The van der Waals surface area contributed by atoms with E-state index >= 15 is 0 Å². The van der Waals surface area contributed by atoms with Gasteiger partial charge in [0.05, 0.1) is 12.4 Å². The number of aliphatic imine (C=N–C) groups is 1. The first-order valence-electron chi connectivity index (χ1n) is 9.06. The van der Waals surface area contributed by atoms with Gasteiger partial charge in [-0.1, -0.05) is 6.07 Å². The van der Waals surface area contributed by atoms with Crippen LogP contribution in [0.4, 0.5) is 5.69 Å². The Morgan fingerprint density at radius 2 is 2.00 bits per heavy atom. The van der Waals surface area contributed by atoms with Gasteiger partial charge in [-0.05, 0) is 25.5 Å². The topological polar surface area (TPSA) is 92.3 Å². The molecule has 0 atom stereocenters. The maximum Gasteiger partial charge on any atom is 0.213 e. The van der Waals surface area contributed by atoms with Crippen LogP contribution in [0.15, 0.2) is 29.3 Å². The zero-order valence-corrected chi connectivity index (χ0v) is 20.2. The summed E-state index contributed by atoms with van der Waals surface area (Å²) >= 11 is 0. The smallest absolute Gasteiger partial charge is 0.213 e. The fourth-order valence-electron chi connectivity index (χ4n) is 2.24. The monoisotopic (exact) mass is 528 g/mol. The van der Waals surface area contributed by atoms with Crippen LogP contribution in [0.1, 0.15) is 19.8 Å². The number of nitrogens with zero attached hydrogens (tertiary/aromatic N) is 2. The molecular formula is C18H33IN4O4S. The summed E-state index contributed by atoms with van der Waals surface area (Å²) in [4.78, 5) is 4.19. The molecule has 0 radical (unpaired) electrons. The molecule has 0 heterocycles. The molecule has 8 nitrogen and oxygen atoms in total. The molecule has 0 aliphatic carbocycles. The molecule has 0 fully saturated rings. The van der Waals surface area contributed by atoms with Crippen molar-refractivity contribution in [1.29, 1.82) is 0 Å². The van der Waals surface area contributed by atoms with Crippen molar-refractivity contribution in [3.63, 3.8) is 0 Å². The van der Waals surface area contributed by atoms with Crippen molar-refractivity contribution in [1.82, 2.24) is 9.62 Å². The second-order valence-corrected chi connectivity index (χ2v) is 8.29. The summed E-state index contributed by atoms with van der Waals surface area (Å²) in [6, 6.07) is 7.64. The highest BCUT2D eigenvalue weighted by molar-refractivity contribution is 14.0. The molecule has 1 aromatic carbocycles. The average molecular weight is 528 g/mol. The molecule has 0 spiro atoms. The Hall–Kier alpha value is -1.11. The summed E-state index contributed by atoms with van der Waals surface area (Å²) in [7, 11) is 1.83. The molecule has 28 heavy (non-hydrogen) atoms. The summed E-state index contributed by atoms with van der Waals surface area (Å²) in [6.07, 6.45) is 1.51. The van der Waals surface area contributed by atoms with E-state index < -0.39 is 10.0 Å². The Bertz CT molecular complexity index is 686. The molecule has 1 rings (SSSR count). The van der Waals surface area contributed by atoms with E-state index in [1.807, 2.05) is 24.3 Å². The quantitative estimate of drug-likeness (QED) is 0.187. The van der Waals surface area contributed by atoms with Crippen LogP contribution in [-0.4, -0.2) is 71.9 Å². The lowest BCUT2D eigenvalue weighted by Crippen LogP contribution is -2.34. The highest BCUT2D eigenvalue weighted by atomic mass is 127. The van der Waals surface area contributed by atoms with E-state index in [2.05, 4.69) is 15.6 Å². The maximum atomic E-state index is 11.7. The zero-order chi connectivity index (χ0) is 20.1. The Morgan fingerprint density at radius 1 is 1.25 bits per heavy atom. The van der Waals surface area contributed by atoms with Gasteiger partial charge in [0, 0.05) is 59.1 Å². The number of ether oxygens (including phenoxy) is 2. The molecule has 0 aliphatic heterocycles. The SMILES string of the molecule is CCS(=O)(=O)N(C)CCCNC(=NC)Nc1cccc(OCCCOC)c1.I. The van der Waals surface area contributed by atoms with Gasteiger partial charge in [0.25, 0.3) is 0 Å². The number of sulfonamides is 1. The number of benzene rings is 1. The number of rotatable bonds is 12. The second kappa shape index (κ2) is 14.8. The van der Waals surface area contributed by atoms with Crippen LogP contribution in [0.3, 0.4) is 0 Å². The highest BCUT2D eigenvalue weighted by Crippen LogP contribution is 2.17. The van der Waals surface area contributed by atoms with Crippen molar-refractivity contribution in [3.8, 4) is 5.75 Å². The van der Waals surface area contributed by atoms with Crippen LogP contribution in [-0.2, 0) is 14.8 Å². The van der Waals surface area contributed by atoms with Crippen molar-refractivity contribution in [2.75, 3.05) is 58.6 Å². The van der Waals surface area contributed by atoms with E-state index in [4.69, 9.17) is 9.47 Å². The molecule has 162 valence electrons. The molecule has 0 saturated carbocycles. The predicted molar refractivity (Wildman–Crippen MR) is 126 cm³/mol. The zero-order valence-electron chi connectivity index (χ0n) is 17.1. The van der Waals surface area contributed by atoms with Crippen LogP contribution < -0.4 is 15.4 Å². The third-order valence-electron chi connectivity index (χ3n) is 3.86. The summed E-state index contributed by atoms with van der Waals surface area (Å²) < 4.78 is 35.5. The van der Waals surface area contributed by atoms with Crippen LogP contribution in [0, 0.1) is 0 Å². The van der Waals surface area contributed by atoms with E-state index in [-0.39, 0.29) is 29.7 Å². The molecular weight excluding hydrogens is 495 g/mol. The number of hydrogen-bond donors (Lipinski definition) is 2. The van der Waals surface area contributed by atoms with Crippen LogP contribution >= 0.6 is 24.0 Å². The minimum atomic E-state index is -3.13. The van der Waals surface area contributed by atoms with E-state index in [9.17, 15) is 8.42 Å². The largest absolute Gasteiger partial charge is 0.493 e. The van der Waals surface area contributed by atoms with Gasteiger partial charge in [0.1, 0.15) is 5.75 Å². The van der Waals surface area contributed by atoms with Gasteiger partial charge < -0.3 is 20.1 Å². The predicted octanol–water partition coefficient (Wildman–Crippen LogP) is 2.38. The van der Waals surface area contributed by atoms with Crippen molar-refractivity contribution < 1.29 is 17.9 Å². The van der Waals surface area contributed by atoms with Crippen LogP contribution in [0.2, 0.25) is 0 Å². The van der Waals surface area contributed by atoms with Crippen LogP contribution in [0.5, 0.6) is 5.75 Å². The highest BCUT2D eigenvalue weighted by Gasteiger charge is 2.13. The minimum absolute atomic E-state index is 0. The number of methoxy groups -OCH3 is 1. The first kappa shape index (κ1) is 26.9. The standard InChI is InChI=1S/C18H32N4O4S.HI/c1-5-27(23,24)22(3)12-7-11-20-18(19-2)21-16-9-6-10-17(15-16)26-14-8-13-25-4;/h6,9-10,15H,5,7-8,11-14H2,1-4H3,(H2,19,20,21);1H. The summed E-state index contributed by atoms with van der Waals surface area (Å²) in [6.45, 7) is 3.98. The molecule has 2 N–H and O–H groups in total. The van der Waals surface area contributed by atoms with Gasteiger partial charge in [-0.25, -0.2) is 12.7 Å². The Kier molecular flexibility index (Phi) is 14.2. The van der Waals surface area contributed by atoms with E-state index in [1.165, 1.54) is 4.31 Å². The Labute approximate surface area is 186 Å². The van der Waals surface area contributed by atoms with Crippen molar-refractivity contribution in [3.05, 3.63) is 24.3 Å². The van der Waals surface area contributed by atoms with Gasteiger partial charge in [0.15, 0.2) is 5.96 Å². The van der Waals surface area contributed by atoms with Gasteiger partial charge in [-0.15, -0.1) is 24.0 Å².